The van der Waals surface area contributed by atoms with E-state index >= 15 is 0 Å². The third-order valence-electron chi connectivity index (χ3n) is 2.47. The maximum atomic E-state index is 5.31. The fraction of sp³-hybridized carbons (Fsp3) is 0.636. The molecule has 1 unspecified atom stereocenters. The maximum Gasteiger partial charge on any atom is 0.239 e. The number of nitrogen functional groups attached to an aromatic ring is 1. The Kier molecular flexibility index (Phi) is 4.98. The fourth-order valence-electron chi connectivity index (χ4n) is 1.64. The van der Waals surface area contributed by atoms with Crippen LogP contribution < -0.4 is 16.6 Å². The van der Waals surface area contributed by atoms with Crippen LogP contribution in [0.3, 0.4) is 0 Å². The lowest BCUT2D eigenvalue weighted by Crippen LogP contribution is -2.20. The fourth-order valence-corrected chi connectivity index (χ4v) is 1.64. The minimum absolute atomic E-state index is 0.453. The van der Waals surface area contributed by atoms with Gasteiger partial charge in [-0.05, 0) is 19.8 Å². The maximum absolute atomic E-state index is 5.31. The highest BCUT2D eigenvalue weighted by Crippen LogP contribution is 2.13. The van der Waals surface area contributed by atoms with Crippen molar-refractivity contribution in [3.63, 3.8) is 0 Å². The van der Waals surface area contributed by atoms with Gasteiger partial charge in [0.2, 0.25) is 5.95 Å². The van der Waals surface area contributed by atoms with Crippen molar-refractivity contribution < 1.29 is 0 Å². The number of anilines is 2. The Hall–Kier alpha value is -1.36. The molecule has 90 valence electrons. The van der Waals surface area contributed by atoms with Crippen molar-refractivity contribution in [2.24, 2.45) is 5.84 Å². The number of rotatable bonds is 6. The Balaban J connectivity index is 2.74. The van der Waals surface area contributed by atoms with Gasteiger partial charge in [0.25, 0.3) is 0 Å². The molecule has 5 heteroatoms. The molecule has 0 bridgehead atoms. The first-order chi connectivity index (χ1) is 7.69. The molecule has 0 radical (unpaired) electrons. The van der Waals surface area contributed by atoms with E-state index in [0.717, 1.165) is 30.8 Å². The number of hydrogen-bond acceptors (Lipinski definition) is 5. The first kappa shape index (κ1) is 12.7. The second-order valence-corrected chi connectivity index (χ2v) is 3.90. The third kappa shape index (κ3) is 3.66. The lowest BCUT2D eigenvalue weighted by molar-refractivity contribution is 0.620. The summed E-state index contributed by atoms with van der Waals surface area (Å²) in [6.07, 6.45) is 3.39. The van der Waals surface area contributed by atoms with E-state index < -0.39 is 0 Å². The van der Waals surface area contributed by atoms with Crippen molar-refractivity contribution in [3.05, 3.63) is 11.8 Å². The zero-order valence-electron chi connectivity index (χ0n) is 10.2. The van der Waals surface area contributed by atoms with Crippen LogP contribution in [0.2, 0.25) is 0 Å². The normalized spacial score (nSPS) is 12.2. The Morgan fingerprint density at radius 3 is 2.69 bits per heavy atom. The van der Waals surface area contributed by atoms with Gasteiger partial charge in [-0.25, -0.2) is 10.8 Å². The van der Waals surface area contributed by atoms with Gasteiger partial charge in [-0.1, -0.05) is 20.3 Å². The van der Waals surface area contributed by atoms with E-state index in [2.05, 4.69) is 34.6 Å². The van der Waals surface area contributed by atoms with Gasteiger partial charge in [-0.15, -0.1) is 0 Å². The van der Waals surface area contributed by atoms with Gasteiger partial charge >= 0.3 is 0 Å². The number of aromatic nitrogens is 2. The Morgan fingerprint density at radius 2 is 2.12 bits per heavy atom. The van der Waals surface area contributed by atoms with E-state index in [1.54, 1.807) is 0 Å². The number of hydrogen-bond donors (Lipinski definition) is 3. The molecule has 0 aliphatic heterocycles. The molecular formula is C11H21N5. The van der Waals surface area contributed by atoms with Crippen LogP contribution in [0.4, 0.5) is 11.8 Å². The lowest BCUT2D eigenvalue weighted by atomic mass is 10.1. The van der Waals surface area contributed by atoms with E-state index in [1.165, 1.54) is 0 Å². The molecule has 1 atom stereocenters. The largest absolute Gasteiger partial charge is 0.367 e. The summed E-state index contributed by atoms with van der Waals surface area (Å²) >= 11 is 0. The van der Waals surface area contributed by atoms with Gasteiger partial charge in [0.05, 0.1) is 0 Å². The molecule has 0 saturated carbocycles. The summed E-state index contributed by atoms with van der Waals surface area (Å²) in [5, 5.41) is 3.40. The van der Waals surface area contributed by atoms with Gasteiger partial charge in [-0.3, -0.25) is 5.43 Å². The minimum atomic E-state index is 0.453. The molecule has 1 aromatic rings. The van der Waals surface area contributed by atoms with Crippen LogP contribution in [-0.2, 0) is 0 Å². The summed E-state index contributed by atoms with van der Waals surface area (Å²) in [5.41, 5.74) is 3.37. The average Bonchev–Trinajstić information content (AvgIpc) is 2.27. The molecule has 0 saturated heterocycles. The zero-order chi connectivity index (χ0) is 12.0. The molecule has 1 rings (SSSR count). The molecule has 1 heterocycles. The van der Waals surface area contributed by atoms with Crippen LogP contribution in [0.1, 0.15) is 38.8 Å². The van der Waals surface area contributed by atoms with Crippen molar-refractivity contribution in [2.45, 2.75) is 46.1 Å². The van der Waals surface area contributed by atoms with E-state index in [4.69, 9.17) is 5.84 Å². The van der Waals surface area contributed by atoms with Crippen LogP contribution in [-0.4, -0.2) is 16.0 Å². The molecule has 5 nitrogen and oxygen atoms in total. The minimum Gasteiger partial charge on any atom is -0.367 e. The van der Waals surface area contributed by atoms with Crippen molar-refractivity contribution in [1.29, 1.82) is 0 Å². The highest BCUT2D eigenvalue weighted by Gasteiger charge is 2.07. The van der Waals surface area contributed by atoms with Crippen LogP contribution in [0, 0.1) is 6.92 Å². The highest BCUT2D eigenvalue weighted by molar-refractivity contribution is 5.42. The van der Waals surface area contributed by atoms with E-state index in [9.17, 15) is 0 Å². The molecule has 0 aliphatic carbocycles. The number of aryl methyl sites for hydroxylation is 1. The quantitative estimate of drug-likeness (QED) is 0.508. The summed E-state index contributed by atoms with van der Waals surface area (Å²) in [6.45, 7) is 6.28. The van der Waals surface area contributed by atoms with Gasteiger partial charge in [-0.2, -0.15) is 4.98 Å². The first-order valence-electron chi connectivity index (χ1n) is 5.78. The van der Waals surface area contributed by atoms with Crippen molar-refractivity contribution >= 4 is 11.8 Å². The second-order valence-electron chi connectivity index (χ2n) is 3.90. The molecule has 4 N–H and O–H groups in total. The van der Waals surface area contributed by atoms with Crippen LogP contribution in [0.25, 0.3) is 0 Å². The van der Waals surface area contributed by atoms with Crippen LogP contribution in [0.15, 0.2) is 6.07 Å². The van der Waals surface area contributed by atoms with Crippen LogP contribution >= 0.6 is 0 Å². The van der Waals surface area contributed by atoms with E-state index in [-0.39, 0.29) is 0 Å². The number of nitrogens with zero attached hydrogens (tertiary/aromatic N) is 2. The summed E-state index contributed by atoms with van der Waals surface area (Å²) in [5.74, 6) is 6.59. The standard InChI is InChI=1S/C11H21N5/c1-4-6-9(5-2)14-10-7-8(3)13-11(15-10)16-12/h7,9H,4-6,12H2,1-3H3,(H2,13,14,15,16). The number of nitrogens with one attached hydrogen (secondary N) is 2. The molecular weight excluding hydrogens is 202 g/mol. The van der Waals surface area contributed by atoms with Crippen molar-refractivity contribution in [2.75, 3.05) is 10.7 Å². The Bertz CT molecular complexity index is 326. The molecule has 16 heavy (non-hydrogen) atoms. The third-order valence-corrected chi connectivity index (χ3v) is 2.47. The molecule has 0 spiro atoms. The monoisotopic (exact) mass is 223 g/mol. The van der Waals surface area contributed by atoms with Crippen LogP contribution in [0.5, 0.6) is 0 Å². The number of nitrogens with two attached hydrogens (primary N) is 1. The molecule has 0 fully saturated rings. The summed E-state index contributed by atoms with van der Waals surface area (Å²) in [4.78, 5) is 8.41. The Morgan fingerprint density at radius 1 is 1.38 bits per heavy atom. The topological polar surface area (TPSA) is 75.9 Å². The predicted molar refractivity (Wildman–Crippen MR) is 67.2 cm³/mol. The number of hydrazine groups is 1. The second kappa shape index (κ2) is 6.27. The molecule has 1 aromatic heterocycles. The summed E-state index contributed by atoms with van der Waals surface area (Å²) < 4.78 is 0. The van der Waals surface area contributed by atoms with Crippen molar-refractivity contribution in [1.82, 2.24) is 9.97 Å². The van der Waals surface area contributed by atoms with E-state index in [1.807, 2.05) is 13.0 Å². The highest BCUT2D eigenvalue weighted by atomic mass is 15.3. The summed E-state index contributed by atoms with van der Waals surface area (Å²) in [7, 11) is 0. The smallest absolute Gasteiger partial charge is 0.239 e. The lowest BCUT2D eigenvalue weighted by Gasteiger charge is -2.17. The first-order valence-corrected chi connectivity index (χ1v) is 5.78. The van der Waals surface area contributed by atoms with Crippen molar-refractivity contribution in [3.8, 4) is 0 Å². The Labute approximate surface area is 96.8 Å². The average molecular weight is 223 g/mol. The predicted octanol–water partition coefficient (Wildman–Crippen LogP) is 2.06. The van der Waals surface area contributed by atoms with E-state index in [0.29, 0.717) is 12.0 Å². The van der Waals surface area contributed by atoms with Gasteiger partial charge in [0, 0.05) is 17.8 Å². The molecule has 0 aromatic carbocycles. The SMILES string of the molecule is CCCC(CC)Nc1cc(C)nc(NN)n1. The summed E-state index contributed by atoms with van der Waals surface area (Å²) in [6, 6.07) is 2.39. The molecule has 0 aliphatic rings. The zero-order valence-corrected chi connectivity index (χ0v) is 10.2. The molecule has 0 amide bonds. The van der Waals surface area contributed by atoms with Gasteiger partial charge < -0.3 is 5.32 Å². The van der Waals surface area contributed by atoms with Gasteiger partial charge in [0.1, 0.15) is 5.82 Å². The van der Waals surface area contributed by atoms with Gasteiger partial charge in [0.15, 0.2) is 0 Å².